The maximum absolute atomic E-state index is 13.4. The van der Waals surface area contributed by atoms with Crippen molar-refractivity contribution in [1.82, 2.24) is 14.4 Å². The van der Waals surface area contributed by atoms with Crippen LogP contribution in [0.1, 0.15) is 11.1 Å². The van der Waals surface area contributed by atoms with E-state index in [1.165, 1.54) is 17.7 Å². The maximum Gasteiger partial charge on any atom is 0.408 e. The Morgan fingerprint density at radius 2 is 1.74 bits per heavy atom. The SMILES string of the molecule is COc1ccc(CN2C(=O)[C@@H](N(Cc3ccccc3)C(=O)O)[C@@H]2Cn2ccccc2=O)c(OC)c1. The molecule has 2 atom stereocenters. The van der Waals surface area contributed by atoms with Gasteiger partial charge in [0.05, 0.1) is 20.3 Å². The van der Waals surface area contributed by atoms with Crippen molar-refractivity contribution in [3.63, 3.8) is 0 Å². The number of carbonyl (C=O) groups excluding carboxylic acids is 1. The standard InChI is InChI=1S/C26H27N3O6/c1-34-20-12-11-19(22(14-20)35-2)16-28-21(17-27-13-7-6-10-23(27)30)24(25(28)31)29(26(32)33)15-18-8-4-3-5-9-18/h3-14,21,24H,15-17H2,1-2H3,(H,32,33)/t21-,24-/m0/s1. The first-order chi connectivity index (χ1) is 16.9. The molecule has 0 saturated carbocycles. The zero-order chi connectivity index (χ0) is 24.9. The lowest BCUT2D eigenvalue weighted by molar-refractivity contribution is -0.160. The molecule has 9 nitrogen and oxygen atoms in total. The van der Waals surface area contributed by atoms with Crippen molar-refractivity contribution in [3.8, 4) is 11.5 Å². The van der Waals surface area contributed by atoms with Crippen LogP contribution in [0.5, 0.6) is 11.5 Å². The number of carbonyl (C=O) groups is 2. The van der Waals surface area contributed by atoms with Gasteiger partial charge in [-0.2, -0.15) is 0 Å². The number of hydrogen-bond donors (Lipinski definition) is 1. The van der Waals surface area contributed by atoms with Gasteiger partial charge in [-0.3, -0.25) is 14.5 Å². The van der Waals surface area contributed by atoms with Crippen molar-refractivity contribution >= 4 is 12.0 Å². The van der Waals surface area contributed by atoms with Crippen molar-refractivity contribution in [1.29, 1.82) is 0 Å². The third-order valence-electron chi connectivity index (χ3n) is 6.20. The number of benzene rings is 2. The van der Waals surface area contributed by atoms with E-state index in [1.54, 1.807) is 42.5 Å². The Bertz CT molecular complexity index is 1260. The van der Waals surface area contributed by atoms with Gasteiger partial charge in [-0.15, -0.1) is 0 Å². The molecule has 182 valence electrons. The zero-order valence-electron chi connectivity index (χ0n) is 19.5. The first-order valence-corrected chi connectivity index (χ1v) is 11.1. The molecule has 2 heterocycles. The van der Waals surface area contributed by atoms with Gasteiger partial charge in [0.25, 0.3) is 5.56 Å². The van der Waals surface area contributed by atoms with Gasteiger partial charge >= 0.3 is 6.09 Å². The Morgan fingerprint density at radius 3 is 2.40 bits per heavy atom. The highest BCUT2D eigenvalue weighted by Crippen LogP contribution is 2.33. The van der Waals surface area contributed by atoms with Gasteiger partial charge in [-0.25, -0.2) is 4.79 Å². The number of amides is 2. The van der Waals surface area contributed by atoms with E-state index < -0.39 is 18.2 Å². The van der Waals surface area contributed by atoms with E-state index in [1.807, 2.05) is 36.4 Å². The van der Waals surface area contributed by atoms with Gasteiger partial charge in [-0.05, 0) is 23.8 Å². The van der Waals surface area contributed by atoms with Gasteiger partial charge in [0.15, 0.2) is 0 Å². The molecule has 0 spiro atoms. The highest BCUT2D eigenvalue weighted by atomic mass is 16.5. The molecule has 1 N–H and O–H groups in total. The first-order valence-electron chi connectivity index (χ1n) is 11.1. The molecule has 1 saturated heterocycles. The third kappa shape index (κ3) is 4.98. The summed E-state index contributed by atoms with van der Waals surface area (Å²) >= 11 is 0. The number of pyridine rings is 1. The summed E-state index contributed by atoms with van der Waals surface area (Å²) in [6.45, 7) is 0.424. The lowest BCUT2D eigenvalue weighted by atomic mass is 9.91. The molecular formula is C26H27N3O6. The molecule has 2 aromatic carbocycles. The highest BCUT2D eigenvalue weighted by molar-refractivity contribution is 5.92. The molecule has 1 aliphatic heterocycles. The van der Waals surface area contributed by atoms with Crippen LogP contribution in [0.25, 0.3) is 0 Å². The quantitative estimate of drug-likeness (QED) is 0.476. The van der Waals surface area contributed by atoms with Crippen LogP contribution < -0.4 is 15.0 Å². The predicted molar refractivity (Wildman–Crippen MR) is 128 cm³/mol. The largest absolute Gasteiger partial charge is 0.497 e. The second kappa shape index (κ2) is 10.3. The molecule has 9 heteroatoms. The van der Waals surface area contributed by atoms with Gasteiger partial charge in [-0.1, -0.05) is 36.4 Å². The number of carboxylic acid groups (broad SMARTS) is 1. The van der Waals surface area contributed by atoms with Crippen LogP contribution in [0, 0.1) is 0 Å². The van der Waals surface area contributed by atoms with Crippen LogP contribution in [-0.2, 0) is 24.4 Å². The van der Waals surface area contributed by atoms with Crippen molar-refractivity contribution in [2.75, 3.05) is 14.2 Å². The molecule has 4 rings (SSSR count). The Morgan fingerprint density at radius 1 is 1.00 bits per heavy atom. The molecule has 35 heavy (non-hydrogen) atoms. The minimum atomic E-state index is -1.20. The van der Waals surface area contributed by atoms with Crippen LogP contribution in [0.3, 0.4) is 0 Å². The van der Waals surface area contributed by atoms with Crippen LogP contribution in [0.4, 0.5) is 4.79 Å². The fourth-order valence-electron chi connectivity index (χ4n) is 4.36. The summed E-state index contributed by atoms with van der Waals surface area (Å²) in [4.78, 5) is 40.8. The molecule has 1 fully saturated rings. The van der Waals surface area contributed by atoms with Crippen molar-refractivity contribution in [2.24, 2.45) is 0 Å². The second-order valence-electron chi connectivity index (χ2n) is 8.24. The molecule has 0 aliphatic carbocycles. The summed E-state index contributed by atoms with van der Waals surface area (Å²) in [5.74, 6) is 0.844. The molecule has 0 unspecified atom stereocenters. The van der Waals surface area contributed by atoms with Gasteiger partial charge in [0.1, 0.15) is 17.5 Å². The lowest BCUT2D eigenvalue weighted by Gasteiger charge is -2.50. The first kappa shape index (κ1) is 23.9. The van der Waals surface area contributed by atoms with E-state index in [-0.39, 0.29) is 31.1 Å². The number of aromatic nitrogens is 1. The van der Waals surface area contributed by atoms with Crippen LogP contribution in [0.15, 0.2) is 77.7 Å². The predicted octanol–water partition coefficient (Wildman–Crippen LogP) is 2.83. The van der Waals surface area contributed by atoms with E-state index in [4.69, 9.17) is 9.47 Å². The Hall–Kier alpha value is -4.27. The number of hydrogen-bond acceptors (Lipinski definition) is 5. The topological polar surface area (TPSA) is 101 Å². The molecule has 2 amide bonds. The lowest BCUT2D eigenvalue weighted by Crippen LogP contribution is -2.72. The van der Waals surface area contributed by atoms with Crippen LogP contribution >= 0.6 is 0 Å². The minimum Gasteiger partial charge on any atom is -0.497 e. The smallest absolute Gasteiger partial charge is 0.408 e. The normalized spacial score (nSPS) is 17.0. The summed E-state index contributed by atoms with van der Waals surface area (Å²) in [7, 11) is 3.09. The van der Waals surface area contributed by atoms with Crippen molar-refractivity contribution in [3.05, 3.63) is 94.4 Å². The molecule has 1 aliphatic rings. The van der Waals surface area contributed by atoms with E-state index in [0.717, 1.165) is 16.0 Å². The Labute approximate surface area is 202 Å². The van der Waals surface area contributed by atoms with E-state index >= 15 is 0 Å². The second-order valence-corrected chi connectivity index (χ2v) is 8.24. The number of ether oxygens (including phenoxy) is 2. The maximum atomic E-state index is 13.4. The van der Waals surface area contributed by atoms with E-state index in [9.17, 15) is 19.5 Å². The Kier molecular flexibility index (Phi) is 7.05. The van der Waals surface area contributed by atoms with Crippen molar-refractivity contribution < 1.29 is 24.2 Å². The summed E-state index contributed by atoms with van der Waals surface area (Å²) in [6.07, 6.45) is 0.440. The molecule has 0 radical (unpaired) electrons. The average Bonchev–Trinajstić information content (AvgIpc) is 2.88. The molecular weight excluding hydrogens is 450 g/mol. The number of likely N-dealkylation sites (tertiary alicyclic amines) is 1. The van der Waals surface area contributed by atoms with Gasteiger partial charge in [0, 0.05) is 43.5 Å². The summed E-state index contributed by atoms with van der Waals surface area (Å²) in [6, 6.07) is 17.8. The fourth-order valence-corrected chi connectivity index (χ4v) is 4.36. The average molecular weight is 478 g/mol. The number of rotatable bonds is 9. The summed E-state index contributed by atoms with van der Waals surface area (Å²) in [5, 5.41) is 9.99. The molecule has 3 aromatic rings. The fraction of sp³-hybridized carbons (Fsp3) is 0.269. The van der Waals surface area contributed by atoms with Gasteiger partial charge < -0.3 is 24.0 Å². The number of β-lactam (4-membered cyclic amide) rings is 1. The van der Waals surface area contributed by atoms with Crippen LogP contribution in [-0.4, -0.2) is 57.8 Å². The summed E-state index contributed by atoms with van der Waals surface area (Å²) < 4.78 is 12.2. The number of nitrogens with zero attached hydrogens (tertiary/aromatic N) is 3. The Balaban J connectivity index is 1.66. The van der Waals surface area contributed by atoms with Gasteiger partial charge in [0.2, 0.25) is 5.91 Å². The minimum absolute atomic E-state index is 0.0620. The summed E-state index contributed by atoms with van der Waals surface area (Å²) in [5.41, 5.74) is 1.29. The third-order valence-corrected chi connectivity index (χ3v) is 6.20. The van der Waals surface area contributed by atoms with Crippen LogP contribution in [0.2, 0.25) is 0 Å². The molecule has 1 aromatic heterocycles. The van der Waals surface area contributed by atoms with E-state index in [0.29, 0.717) is 11.5 Å². The monoisotopic (exact) mass is 477 g/mol. The molecule has 0 bridgehead atoms. The van der Waals surface area contributed by atoms with Crippen molar-refractivity contribution in [2.45, 2.75) is 31.7 Å². The number of methoxy groups -OCH3 is 2. The zero-order valence-corrected chi connectivity index (χ0v) is 19.5. The highest BCUT2D eigenvalue weighted by Gasteiger charge is 2.52. The van der Waals surface area contributed by atoms with E-state index in [2.05, 4.69) is 0 Å².